The van der Waals surface area contributed by atoms with Crippen LogP contribution in [0.3, 0.4) is 0 Å². The first-order chi connectivity index (χ1) is 20.2. The lowest BCUT2D eigenvalue weighted by atomic mass is 10.2. The molecule has 13 heteroatoms. The van der Waals surface area contributed by atoms with Crippen LogP contribution in [0.5, 0.6) is 11.5 Å². The van der Waals surface area contributed by atoms with Crippen LogP contribution in [0.1, 0.15) is 7.43 Å². The summed E-state index contributed by atoms with van der Waals surface area (Å²) in [5, 5.41) is 18.3. The van der Waals surface area contributed by atoms with Gasteiger partial charge in [0.2, 0.25) is 5.91 Å². The van der Waals surface area contributed by atoms with Crippen molar-refractivity contribution in [2.24, 2.45) is 0 Å². The molecule has 43 heavy (non-hydrogen) atoms. The average molecular weight is 605 g/mol. The summed E-state index contributed by atoms with van der Waals surface area (Å²) in [6.07, 6.45) is 0. The maximum atomic E-state index is 13.8. The van der Waals surface area contributed by atoms with Gasteiger partial charge in [-0.15, -0.1) is 0 Å². The van der Waals surface area contributed by atoms with Crippen LogP contribution >= 0.6 is 0 Å². The minimum Gasteiger partial charge on any atom is -0.508 e. The number of para-hydroxylation sites is 3. The molecular formula is C30H29FN6O5S. The molecule has 0 saturated heterocycles. The first-order valence-corrected chi connectivity index (χ1v) is 14.0. The van der Waals surface area contributed by atoms with Crippen molar-refractivity contribution in [3.05, 3.63) is 96.8 Å². The number of aromatic nitrogens is 2. The molecule has 0 radical (unpaired) electrons. The van der Waals surface area contributed by atoms with E-state index >= 15 is 0 Å². The number of hydrogen-bond acceptors (Lipinski definition) is 9. The van der Waals surface area contributed by atoms with Crippen molar-refractivity contribution in [2.45, 2.75) is 12.3 Å². The smallest absolute Gasteiger partial charge is 0.263 e. The Morgan fingerprint density at radius 2 is 1.58 bits per heavy atom. The number of aromatic hydroxyl groups is 1. The van der Waals surface area contributed by atoms with Crippen LogP contribution in [-0.4, -0.2) is 43.1 Å². The summed E-state index contributed by atoms with van der Waals surface area (Å²) in [5.41, 5.74) is 1.71. The van der Waals surface area contributed by atoms with Crippen molar-refractivity contribution in [2.75, 3.05) is 34.3 Å². The molecule has 0 atom stereocenters. The number of phenols is 1. The summed E-state index contributed by atoms with van der Waals surface area (Å²) in [5.74, 6) is -0.729. The maximum absolute atomic E-state index is 13.8. The molecule has 1 amide bonds. The summed E-state index contributed by atoms with van der Waals surface area (Å²) in [7, 11) is -2.77. The van der Waals surface area contributed by atoms with Gasteiger partial charge >= 0.3 is 0 Å². The molecule has 1 heterocycles. The number of nitrogens with one attached hydrogen (secondary N) is 4. The molecule has 222 valence electrons. The van der Waals surface area contributed by atoms with Crippen LogP contribution in [0, 0.1) is 5.82 Å². The Morgan fingerprint density at radius 1 is 0.884 bits per heavy atom. The molecule has 0 saturated carbocycles. The normalized spacial score (nSPS) is 10.8. The fraction of sp³-hybridized carbons (Fsp3) is 0.100. The number of carbonyl (C=O) groups is 1. The molecule has 5 aromatic rings. The lowest BCUT2D eigenvalue weighted by Gasteiger charge is -2.15. The van der Waals surface area contributed by atoms with Crippen LogP contribution in [0.25, 0.3) is 11.0 Å². The number of fused-ring (bicyclic) bond motifs is 1. The predicted molar refractivity (Wildman–Crippen MR) is 165 cm³/mol. The van der Waals surface area contributed by atoms with E-state index in [1.165, 1.54) is 61.7 Å². The summed E-state index contributed by atoms with van der Waals surface area (Å²) >= 11 is 0. The third kappa shape index (κ3) is 7.45. The number of carbonyl (C=O) groups excluding carboxylic acids is 1. The van der Waals surface area contributed by atoms with Crippen molar-refractivity contribution in [1.29, 1.82) is 0 Å². The molecule has 5 N–H and O–H groups in total. The topological polar surface area (TPSA) is 155 Å². The number of rotatable bonds is 10. The molecule has 0 bridgehead atoms. The van der Waals surface area contributed by atoms with E-state index < -0.39 is 21.7 Å². The van der Waals surface area contributed by atoms with Crippen LogP contribution in [0.4, 0.5) is 33.1 Å². The van der Waals surface area contributed by atoms with Crippen LogP contribution in [0.2, 0.25) is 0 Å². The molecule has 11 nitrogen and oxygen atoms in total. The van der Waals surface area contributed by atoms with E-state index in [4.69, 9.17) is 4.74 Å². The standard InChI is InChI=1S/C29H25FN6O5S.CH4/c1-41-21-14-19(13-20(37)16-21)33-28-29(35-26-12-5-4-11-25(26)34-28)36-42(39,40)22-8-6-7-18(15-22)32-27(38)17-31-24-10-3-2-9-23(24)30;/h2-16,31,37H,17H2,1H3,(H,32,38)(H,33,34)(H,35,36);1H4. The zero-order valence-electron chi connectivity index (χ0n) is 22.1. The molecule has 0 aliphatic rings. The van der Waals surface area contributed by atoms with E-state index in [2.05, 4.69) is 30.6 Å². The van der Waals surface area contributed by atoms with Gasteiger partial charge in [0.05, 0.1) is 35.3 Å². The van der Waals surface area contributed by atoms with Crippen LogP contribution in [-0.2, 0) is 14.8 Å². The Bertz CT molecular complexity index is 1890. The number of hydrogen-bond donors (Lipinski definition) is 5. The minimum absolute atomic E-state index is 0. The van der Waals surface area contributed by atoms with Crippen molar-refractivity contribution in [3.8, 4) is 11.5 Å². The van der Waals surface area contributed by atoms with E-state index in [1.807, 2.05) is 0 Å². The van der Waals surface area contributed by atoms with Gasteiger partial charge in [0, 0.05) is 29.6 Å². The number of nitrogens with zero attached hydrogens (tertiary/aromatic N) is 2. The maximum Gasteiger partial charge on any atom is 0.263 e. The highest BCUT2D eigenvalue weighted by molar-refractivity contribution is 7.92. The number of amides is 1. The predicted octanol–water partition coefficient (Wildman–Crippen LogP) is 5.71. The van der Waals surface area contributed by atoms with E-state index in [1.54, 1.807) is 36.4 Å². The van der Waals surface area contributed by atoms with E-state index in [0.29, 0.717) is 22.5 Å². The molecular weight excluding hydrogens is 575 g/mol. The number of anilines is 5. The fourth-order valence-electron chi connectivity index (χ4n) is 3.98. The fourth-order valence-corrected chi connectivity index (χ4v) is 5.04. The molecule has 0 spiro atoms. The first kappa shape index (κ1) is 30.5. The number of benzene rings is 4. The summed E-state index contributed by atoms with van der Waals surface area (Å²) in [6, 6.07) is 22.9. The third-order valence-electron chi connectivity index (χ3n) is 5.93. The zero-order chi connectivity index (χ0) is 29.7. The quantitative estimate of drug-likeness (QED) is 0.135. The second-order valence-electron chi connectivity index (χ2n) is 8.97. The summed E-state index contributed by atoms with van der Waals surface area (Å²) in [4.78, 5) is 21.3. The number of phenolic OH excluding ortho intramolecular Hbond substituents is 1. The number of methoxy groups -OCH3 is 1. The van der Waals surface area contributed by atoms with Gasteiger partial charge in [-0.3, -0.25) is 9.52 Å². The Balaban J connectivity index is 0.00000423. The summed E-state index contributed by atoms with van der Waals surface area (Å²) < 4.78 is 48.4. The van der Waals surface area contributed by atoms with Crippen molar-refractivity contribution in [1.82, 2.24) is 9.97 Å². The number of halogens is 1. The first-order valence-electron chi connectivity index (χ1n) is 12.5. The zero-order valence-corrected chi connectivity index (χ0v) is 22.9. The molecule has 5 rings (SSSR count). The van der Waals surface area contributed by atoms with Gasteiger partial charge in [-0.25, -0.2) is 22.8 Å². The monoisotopic (exact) mass is 604 g/mol. The van der Waals surface area contributed by atoms with E-state index in [9.17, 15) is 22.7 Å². The largest absolute Gasteiger partial charge is 0.508 e. The highest BCUT2D eigenvalue weighted by atomic mass is 32.2. The molecule has 0 unspecified atom stereocenters. The van der Waals surface area contributed by atoms with Gasteiger partial charge < -0.3 is 25.8 Å². The van der Waals surface area contributed by atoms with E-state index in [-0.39, 0.29) is 47.6 Å². The molecule has 4 aromatic carbocycles. The van der Waals surface area contributed by atoms with Gasteiger partial charge in [-0.05, 0) is 42.5 Å². The average Bonchev–Trinajstić information content (AvgIpc) is 2.96. The van der Waals surface area contributed by atoms with Gasteiger partial charge in [0.1, 0.15) is 17.3 Å². The Morgan fingerprint density at radius 3 is 2.30 bits per heavy atom. The molecule has 0 fully saturated rings. The van der Waals surface area contributed by atoms with Gasteiger partial charge in [0.25, 0.3) is 10.0 Å². The van der Waals surface area contributed by atoms with E-state index in [0.717, 1.165) is 0 Å². The Hall–Kier alpha value is -5.43. The van der Waals surface area contributed by atoms with Gasteiger partial charge in [-0.2, -0.15) is 0 Å². The summed E-state index contributed by atoms with van der Waals surface area (Å²) in [6.45, 7) is -0.238. The van der Waals surface area contributed by atoms with Crippen molar-refractivity contribution >= 4 is 55.7 Å². The second-order valence-corrected chi connectivity index (χ2v) is 10.7. The van der Waals surface area contributed by atoms with Crippen LogP contribution < -0.4 is 25.4 Å². The second kappa shape index (κ2) is 13.0. The van der Waals surface area contributed by atoms with Crippen molar-refractivity contribution in [3.63, 3.8) is 0 Å². The molecule has 0 aliphatic heterocycles. The van der Waals surface area contributed by atoms with Crippen molar-refractivity contribution < 1.29 is 27.4 Å². The Labute approximate surface area is 247 Å². The lowest BCUT2D eigenvalue weighted by molar-refractivity contribution is -0.114. The highest BCUT2D eigenvalue weighted by Crippen LogP contribution is 2.31. The Kier molecular flexibility index (Phi) is 9.26. The molecule has 1 aromatic heterocycles. The van der Waals surface area contributed by atoms with Crippen LogP contribution in [0.15, 0.2) is 95.9 Å². The van der Waals surface area contributed by atoms with Gasteiger partial charge in [0.15, 0.2) is 11.6 Å². The minimum atomic E-state index is -4.22. The lowest BCUT2D eigenvalue weighted by Crippen LogP contribution is -2.22. The number of sulfonamides is 1. The number of ether oxygens (including phenoxy) is 1. The SMILES string of the molecule is C.COc1cc(O)cc(Nc2nc3ccccc3nc2NS(=O)(=O)c2cccc(NC(=O)CNc3ccccc3F)c2)c1. The highest BCUT2D eigenvalue weighted by Gasteiger charge is 2.20. The van der Waals surface area contributed by atoms with Gasteiger partial charge in [-0.1, -0.05) is 37.8 Å². The molecule has 0 aliphatic carbocycles. The third-order valence-corrected chi connectivity index (χ3v) is 7.27.